The van der Waals surface area contributed by atoms with Crippen molar-refractivity contribution in [1.29, 1.82) is 0 Å². The van der Waals surface area contributed by atoms with E-state index < -0.39 is 33.3 Å². The molecule has 4 N–H and O–H groups in total. The van der Waals surface area contributed by atoms with E-state index in [1.807, 2.05) is 19.9 Å². The highest BCUT2D eigenvalue weighted by Crippen LogP contribution is 2.44. The highest BCUT2D eigenvalue weighted by Gasteiger charge is 2.39. The monoisotopic (exact) mass is 655 g/mol. The number of hydrogen-bond acceptors (Lipinski definition) is 8. The van der Waals surface area contributed by atoms with Crippen LogP contribution in [0.4, 0.5) is 14.9 Å². The molecule has 6 rings (SSSR count). The van der Waals surface area contributed by atoms with Crippen LogP contribution in [0.15, 0.2) is 36.4 Å². The molecule has 1 saturated heterocycles. The molecule has 2 aromatic carbocycles. The number of hydrogen-bond donors (Lipinski definition) is 3. The van der Waals surface area contributed by atoms with Crippen molar-refractivity contribution < 1.29 is 31.9 Å². The Labute approximate surface area is 268 Å². The molecule has 0 spiro atoms. The first kappa shape index (κ1) is 32.3. The summed E-state index contributed by atoms with van der Waals surface area (Å²) in [6.07, 6.45) is 2.61. The smallest absolute Gasteiger partial charge is 0.407 e. The minimum absolute atomic E-state index is 0.00526. The number of primary amides is 1. The van der Waals surface area contributed by atoms with E-state index in [-0.39, 0.29) is 17.9 Å². The number of aromatic nitrogens is 1. The molecule has 0 radical (unpaired) electrons. The Morgan fingerprint density at radius 2 is 1.83 bits per heavy atom. The average molecular weight is 656 g/mol. The van der Waals surface area contributed by atoms with E-state index in [2.05, 4.69) is 15.5 Å². The number of halogens is 1. The number of ether oxygens (including phenoxy) is 2. The largest absolute Gasteiger partial charge is 0.446 e. The number of fused-ring (bicyclic) bond motifs is 3. The van der Waals surface area contributed by atoms with Crippen LogP contribution in [0.25, 0.3) is 22.0 Å². The molecule has 0 atom stereocenters. The molecule has 46 heavy (non-hydrogen) atoms. The normalized spacial score (nSPS) is 22.6. The van der Waals surface area contributed by atoms with Crippen molar-refractivity contribution in [3.05, 3.63) is 53.5 Å². The second-order valence-corrected chi connectivity index (χ2v) is 15.2. The van der Waals surface area contributed by atoms with Crippen LogP contribution in [0.5, 0.6) is 0 Å². The standard InChI is InChI=1S/C33H42FN5O6S/c1-33(2)19-29-30(26-10-4-22(34)18-28(26)39(29)46(42,43)20-33)21-3-9-25(31(35)40)27(17-21)37-23-5-7-24(8-6-23)45-32(41)36-11-12-38-13-15-44-16-14-38/h3-4,9-10,17-18,23-24,37H,5-8,11-16,19-20H2,1-2H3,(H2,35,40)(H,36,41)/t23-,24-. The number of morpholine rings is 1. The summed E-state index contributed by atoms with van der Waals surface area (Å²) in [7, 11) is -3.75. The summed E-state index contributed by atoms with van der Waals surface area (Å²) >= 11 is 0. The maximum atomic E-state index is 14.4. The summed E-state index contributed by atoms with van der Waals surface area (Å²) in [5, 5.41) is 6.96. The van der Waals surface area contributed by atoms with Gasteiger partial charge in [-0.3, -0.25) is 9.69 Å². The minimum atomic E-state index is -3.75. The van der Waals surface area contributed by atoms with Gasteiger partial charge in [0.15, 0.2) is 0 Å². The van der Waals surface area contributed by atoms with Crippen molar-refractivity contribution in [2.75, 3.05) is 50.5 Å². The number of nitrogens with zero attached hydrogens (tertiary/aromatic N) is 2. The lowest BCUT2D eigenvalue weighted by Gasteiger charge is -2.32. The van der Waals surface area contributed by atoms with Gasteiger partial charge in [0, 0.05) is 54.6 Å². The van der Waals surface area contributed by atoms with Gasteiger partial charge in [0.05, 0.1) is 30.0 Å². The molecule has 2 fully saturated rings. The fourth-order valence-corrected chi connectivity index (χ4v) is 9.22. The van der Waals surface area contributed by atoms with Crippen LogP contribution < -0.4 is 16.4 Å². The number of nitrogens with one attached hydrogen (secondary N) is 2. The SMILES string of the molecule is CC1(C)Cc2c(-c3ccc(C(N)=O)c(N[C@H]4CC[C@H](OC(=O)NCCN5CCOCC5)CC4)c3)c3ccc(F)cc3n2S(=O)(=O)C1. The zero-order valence-corrected chi connectivity index (χ0v) is 27.1. The molecule has 11 nitrogen and oxygen atoms in total. The number of anilines is 1. The van der Waals surface area contributed by atoms with E-state index in [1.165, 1.54) is 16.1 Å². The van der Waals surface area contributed by atoms with E-state index in [9.17, 15) is 22.4 Å². The van der Waals surface area contributed by atoms with E-state index >= 15 is 0 Å². The molecular formula is C33H42FN5O6S. The number of benzene rings is 2. The predicted molar refractivity (Wildman–Crippen MR) is 174 cm³/mol. The number of nitrogens with two attached hydrogens (primary N) is 1. The van der Waals surface area contributed by atoms with Gasteiger partial charge in [0.25, 0.3) is 5.91 Å². The highest BCUT2D eigenvalue weighted by atomic mass is 32.2. The van der Waals surface area contributed by atoms with Crippen LogP contribution in [-0.2, 0) is 25.9 Å². The molecule has 1 aromatic heterocycles. The lowest BCUT2D eigenvalue weighted by Crippen LogP contribution is -2.42. The number of carbonyl (C=O) groups is 2. The first-order chi connectivity index (χ1) is 21.9. The summed E-state index contributed by atoms with van der Waals surface area (Å²) in [6, 6.07) is 9.46. The molecule has 0 bridgehead atoms. The van der Waals surface area contributed by atoms with Gasteiger partial charge in [0.1, 0.15) is 11.9 Å². The molecule has 0 unspecified atom stereocenters. The quantitative estimate of drug-likeness (QED) is 0.329. The fraction of sp³-hybridized carbons (Fsp3) is 0.515. The summed E-state index contributed by atoms with van der Waals surface area (Å²) in [6.45, 7) is 8.23. The Balaban J connectivity index is 1.18. The lowest BCUT2D eigenvalue weighted by molar-refractivity contribution is 0.0372. The molecular weight excluding hydrogens is 613 g/mol. The Hall–Kier alpha value is -3.68. The van der Waals surface area contributed by atoms with Crippen LogP contribution in [0.3, 0.4) is 0 Å². The summed E-state index contributed by atoms with van der Waals surface area (Å²) in [5.74, 6) is -1.16. The first-order valence-electron chi connectivity index (χ1n) is 15.9. The predicted octanol–water partition coefficient (Wildman–Crippen LogP) is 4.09. The van der Waals surface area contributed by atoms with E-state index in [4.69, 9.17) is 15.2 Å². The van der Waals surface area contributed by atoms with Crippen LogP contribution in [0, 0.1) is 11.2 Å². The lowest BCUT2D eigenvalue weighted by atomic mass is 9.87. The fourth-order valence-electron chi connectivity index (χ4n) is 7.06. The van der Waals surface area contributed by atoms with Crippen molar-refractivity contribution in [2.45, 2.75) is 58.1 Å². The van der Waals surface area contributed by atoms with Gasteiger partial charge in [0.2, 0.25) is 10.0 Å². The third-order valence-corrected chi connectivity index (χ3v) is 11.3. The number of rotatable bonds is 8. The minimum Gasteiger partial charge on any atom is -0.446 e. The third-order valence-electron chi connectivity index (χ3n) is 9.16. The maximum absolute atomic E-state index is 14.4. The van der Waals surface area contributed by atoms with Crippen LogP contribution in [0.2, 0.25) is 0 Å². The molecule has 13 heteroatoms. The summed E-state index contributed by atoms with van der Waals surface area (Å²) in [4.78, 5) is 27.1. The van der Waals surface area contributed by atoms with Crippen molar-refractivity contribution in [3.63, 3.8) is 0 Å². The molecule has 3 heterocycles. The number of carbonyl (C=O) groups excluding carboxylic acids is 2. The molecule has 248 valence electrons. The van der Waals surface area contributed by atoms with Gasteiger partial charge in [-0.05, 0) is 73.4 Å². The molecule has 2 amide bonds. The zero-order valence-electron chi connectivity index (χ0n) is 26.3. The van der Waals surface area contributed by atoms with Crippen molar-refractivity contribution in [2.24, 2.45) is 11.1 Å². The van der Waals surface area contributed by atoms with Crippen LogP contribution in [0.1, 0.15) is 55.6 Å². The van der Waals surface area contributed by atoms with Crippen molar-refractivity contribution in [1.82, 2.24) is 14.2 Å². The average Bonchev–Trinajstić information content (AvgIpc) is 3.31. The molecule has 3 aromatic rings. The molecule has 3 aliphatic rings. The molecule has 1 aliphatic carbocycles. The van der Waals surface area contributed by atoms with E-state index in [1.54, 1.807) is 18.2 Å². The van der Waals surface area contributed by atoms with Gasteiger partial charge in [-0.1, -0.05) is 19.9 Å². The van der Waals surface area contributed by atoms with Crippen molar-refractivity contribution in [3.8, 4) is 11.1 Å². The Morgan fingerprint density at radius 1 is 1.09 bits per heavy atom. The van der Waals surface area contributed by atoms with Gasteiger partial charge in [-0.15, -0.1) is 0 Å². The first-order valence-corrected chi connectivity index (χ1v) is 17.5. The van der Waals surface area contributed by atoms with Gasteiger partial charge < -0.3 is 25.8 Å². The van der Waals surface area contributed by atoms with E-state index in [0.717, 1.165) is 19.6 Å². The second kappa shape index (κ2) is 12.8. The second-order valence-electron chi connectivity index (χ2n) is 13.4. The van der Waals surface area contributed by atoms with Crippen molar-refractivity contribution >= 4 is 38.6 Å². The number of amides is 2. The summed E-state index contributed by atoms with van der Waals surface area (Å²) < 4.78 is 53.7. The molecule has 2 aliphatic heterocycles. The summed E-state index contributed by atoms with van der Waals surface area (Å²) in [5.41, 5.74) is 8.40. The molecule has 1 saturated carbocycles. The van der Waals surface area contributed by atoms with Gasteiger partial charge in [-0.2, -0.15) is 0 Å². The van der Waals surface area contributed by atoms with Gasteiger partial charge in [-0.25, -0.2) is 21.6 Å². The third kappa shape index (κ3) is 6.86. The zero-order chi connectivity index (χ0) is 32.6. The van der Waals surface area contributed by atoms with Gasteiger partial charge >= 0.3 is 6.09 Å². The Bertz CT molecular complexity index is 1740. The Kier molecular flexibility index (Phi) is 9.01. The van der Waals surface area contributed by atoms with E-state index in [0.29, 0.717) is 90.8 Å². The highest BCUT2D eigenvalue weighted by molar-refractivity contribution is 7.90. The Morgan fingerprint density at radius 3 is 2.54 bits per heavy atom. The van der Waals surface area contributed by atoms with Crippen LogP contribution in [-0.4, -0.2) is 86.6 Å². The number of alkyl carbamates (subject to hydrolysis) is 1. The maximum Gasteiger partial charge on any atom is 0.407 e. The van der Waals surface area contributed by atoms with Crippen LogP contribution >= 0.6 is 0 Å². The topological polar surface area (TPSA) is 145 Å².